The number of benzene rings is 1. The van der Waals surface area contributed by atoms with Crippen molar-refractivity contribution in [2.24, 2.45) is 0 Å². The van der Waals surface area contributed by atoms with Crippen LogP contribution < -0.4 is 5.32 Å². The Kier molecular flexibility index (Phi) is 4.36. The van der Waals surface area contributed by atoms with Crippen molar-refractivity contribution in [3.63, 3.8) is 0 Å². The molecule has 0 amide bonds. The largest absolute Gasteiger partial charge is 0.304 e. The van der Waals surface area contributed by atoms with E-state index < -0.39 is 0 Å². The van der Waals surface area contributed by atoms with Crippen molar-refractivity contribution in [3.8, 4) is 0 Å². The predicted molar refractivity (Wildman–Crippen MR) is 65.4 cm³/mol. The van der Waals surface area contributed by atoms with Crippen LogP contribution in [0.15, 0.2) is 41.4 Å². The number of hydrogen-bond donors (Lipinski definition) is 1. The van der Waals surface area contributed by atoms with E-state index in [0.717, 1.165) is 4.47 Å². The van der Waals surface area contributed by atoms with Crippen LogP contribution in [0.5, 0.6) is 0 Å². The van der Waals surface area contributed by atoms with Crippen LogP contribution in [-0.2, 0) is 0 Å². The third kappa shape index (κ3) is 3.28. The first kappa shape index (κ1) is 11.5. The van der Waals surface area contributed by atoms with Crippen LogP contribution in [0, 0.1) is 0 Å². The van der Waals surface area contributed by atoms with E-state index in [9.17, 15) is 0 Å². The fourth-order valence-corrected chi connectivity index (χ4v) is 1.57. The number of halogens is 1. The highest BCUT2D eigenvalue weighted by atomic mass is 79.9. The first-order valence-electron chi connectivity index (χ1n) is 4.77. The van der Waals surface area contributed by atoms with Crippen LogP contribution in [-0.4, -0.2) is 6.04 Å². The molecule has 0 bridgehead atoms. The molecule has 0 saturated carbocycles. The van der Waals surface area contributed by atoms with Gasteiger partial charge in [-0.25, -0.2) is 0 Å². The van der Waals surface area contributed by atoms with Crippen molar-refractivity contribution >= 4 is 15.9 Å². The molecule has 1 N–H and O–H groups in total. The van der Waals surface area contributed by atoms with E-state index in [0.29, 0.717) is 12.1 Å². The van der Waals surface area contributed by atoms with Gasteiger partial charge in [0.25, 0.3) is 0 Å². The molecule has 0 aliphatic heterocycles. The Morgan fingerprint density at radius 2 is 1.86 bits per heavy atom. The molecular formula is C12H16BrN. The van der Waals surface area contributed by atoms with Gasteiger partial charge >= 0.3 is 0 Å². The van der Waals surface area contributed by atoms with Crippen LogP contribution in [0.2, 0.25) is 0 Å². The summed E-state index contributed by atoms with van der Waals surface area (Å²) in [6.07, 6.45) is 1.91. The monoisotopic (exact) mass is 253 g/mol. The number of rotatable bonds is 4. The van der Waals surface area contributed by atoms with Crippen molar-refractivity contribution in [1.29, 1.82) is 0 Å². The van der Waals surface area contributed by atoms with Crippen molar-refractivity contribution in [2.45, 2.75) is 25.9 Å². The summed E-state index contributed by atoms with van der Waals surface area (Å²) in [5.41, 5.74) is 1.29. The lowest BCUT2D eigenvalue weighted by Crippen LogP contribution is -2.26. The first-order valence-corrected chi connectivity index (χ1v) is 5.57. The molecule has 1 aromatic rings. The third-order valence-corrected chi connectivity index (χ3v) is 2.77. The van der Waals surface area contributed by atoms with Crippen LogP contribution in [0.4, 0.5) is 0 Å². The van der Waals surface area contributed by atoms with Gasteiger partial charge in [0, 0.05) is 16.6 Å². The van der Waals surface area contributed by atoms with Gasteiger partial charge in [0.2, 0.25) is 0 Å². The van der Waals surface area contributed by atoms with E-state index >= 15 is 0 Å². The zero-order chi connectivity index (χ0) is 10.6. The van der Waals surface area contributed by atoms with Crippen LogP contribution in [0.1, 0.15) is 25.5 Å². The van der Waals surface area contributed by atoms with Crippen molar-refractivity contribution in [3.05, 3.63) is 47.0 Å². The zero-order valence-electron chi connectivity index (χ0n) is 8.63. The van der Waals surface area contributed by atoms with Gasteiger partial charge in [-0.3, -0.25) is 0 Å². The molecule has 2 heteroatoms. The SMILES string of the molecule is C=CC(C)N[C@H](C)c1ccc(Br)cc1. The Bertz CT molecular complexity index is 292. The van der Waals surface area contributed by atoms with E-state index in [2.05, 4.69) is 65.9 Å². The van der Waals surface area contributed by atoms with E-state index in [4.69, 9.17) is 0 Å². The molecule has 1 aromatic carbocycles. The van der Waals surface area contributed by atoms with Crippen LogP contribution in [0.3, 0.4) is 0 Å². The lowest BCUT2D eigenvalue weighted by molar-refractivity contribution is 0.537. The third-order valence-electron chi connectivity index (χ3n) is 2.24. The van der Waals surface area contributed by atoms with Gasteiger partial charge in [-0.1, -0.05) is 34.1 Å². The molecule has 0 fully saturated rings. The van der Waals surface area contributed by atoms with E-state index in [1.54, 1.807) is 0 Å². The second-order valence-electron chi connectivity index (χ2n) is 3.46. The summed E-state index contributed by atoms with van der Waals surface area (Å²) in [6.45, 7) is 8.01. The standard InChI is InChI=1S/C12H16BrN/c1-4-9(2)14-10(3)11-5-7-12(13)8-6-11/h4-10,14H,1H2,2-3H3/t9?,10-/m1/s1. The predicted octanol–water partition coefficient (Wildman–Crippen LogP) is 3.67. The molecule has 0 heterocycles. The minimum absolute atomic E-state index is 0.341. The second-order valence-corrected chi connectivity index (χ2v) is 4.38. The van der Waals surface area contributed by atoms with E-state index in [1.165, 1.54) is 5.56 Å². The quantitative estimate of drug-likeness (QED) is 0.808. The topological polar surface area (TPSA) is 12.0 Å². The summed E-state index contributed by atoms with van der Waals surface area (Å²) in [5.74, 6) is 0. The molecule has 2 atom stereocenters. The minimum atomic E-state index is 0.341. The van der Waals surface area contributed by atoms with Gasteiger partial charge in [0.15, 0.2) is 0 Å². The Balaban J connectivity index is 2.64. The van der Waals surface area contributed by atoms with Gasteiger partial charge in [0.1, 0.15) is 0 Å². The molecule has 0 aromatic heterocycles. The Hall–Kier alpha value is -0.600. The summed E-state index contributed by atoms with van der Waals surface area (Å²) in [5, 5.41) is 3.43. The average molecular weight is 254 g/mol. The smallest absolute Gasteiger partial charge is 0.0297 e. The molecule has 1 nitrogen and oxygen atoms in total. The maximum atomic E-state index is 3.75. The zero-order valence-corrected chi connectivity index (χ0v) is 10.2. The maximum absolute atomic E-state index is 3.75. The molecule has 0 saturated heterocycles. The summed E-state index contributed by atoms with van der Waals surface area (Å²) in [6, 6.07) is 9.07. The lowest BCUT2D eigenvalue weighted by atomic mass is 10.1. The van der Waals surface area contributed by atoms with E-state index in [-0.39, 0.29) is 0 Å². The molecule has 0 aliphatic carbocycles. The second kappa shape index (κ2) is 5.32. The van der Waals surface area contributed by atoms with Gasteiger partial charge in [-0.15, -0.1) is 6.58 Å². The highest BCUT2D eigenvalue weighted by Crippen LogP contribution is 2.16. The molecule has 1 unspecified atom stereocenters. The van der Waals surface area contributed by atoms with Gasteiger partial charge < -0.3 is 5.32 Å². The molecule has 1 rings (SSSR count). The summed E-state index contributed by atoms with van der Waals surface area (Å²) in [7, 11) is 0. The molecular weight excluding hydrogens is 238 g/mol. The molecule has 0 aliphatic rings. The molecule has 0 radical (unpaired) electrons. The maximum Gasteiger partial charge on any atom is 0.0297 e. The average Bonchev–Trinajstić information content (AvgIpc) is 2.18. The van der Waals surface area contributed by atoms with Crippen LogP contribution >= 0.6 is 15.9 Å². The Labute approximate surface area is 94.3 Å². The van der Waals surface area contributed by atoms with Gasteiger partial charge in [-0.05, 0) is 31.5 Å². The molecule has 0 spiro atoms. The highest BCUT2D eigenvalue weighted by Gasteiger charge is 2.06. The summed E-state index contributed by atoms with van der Waals surface area (Å²) < 4.78 is 1.12. The molecule has 76 valence electrons. The first-order chi connectivity index (χ1) is 6.63. The van der Waals surface area contributed by atoms with Gasteiger partial charge in [-0.2, -0.15) is 0 Å². The van der Waals surface area contributed by atoms with Crippen LogP contribution in [0.25, 0.3) is 0 Å². The lowest BCUT2D eigenvalue weighted by Gasteiger charge is -2.17. The number of hydrogen-bond acceptors (Lipinski definition) is 1. The van der Waals surface area contributed by atoms with Gasteiger partial charge in [0.05, 0.1) is 0 Å². The summed E-state index contributed by atoms with van der Waals surface area (Å²) >= 11 is 3.42. The molecule has 14 heavy (non-hydrogen) atoms. The number of nitrogens with one attached hydrogen (secondary N) is 1. The fourth-order valence-electron chi connectivity index (χ4n) is 1.31. The van der Waals surface area contributed by atoms with Crippen molar-refractivity contribution in [2.75, 3.05) is 0 Å². The minimum Gasteiger partial charge on any atom is -0.304 e. The fraction of sp³-hybridized carbons (Fsp3) is 0.333. The van der Waals surface area contributed by atoms with Crippen molar-refractivity contribution in [1.82, 2.24) is 5.32 Å². The van der Waals surface area contributed by atoms with Crippen molar-refractivity contribution < 1.29 is 0 Å². The Morgan fingerprint density at radius 1 is 1.29 bits per heavy atom. The Morgan fingerprint density at radius 3 is 2.36 bits per heavy atom. The highest BCUT2D eigenvalue weighted by molar-refractivity contribution is 9.10. The van der Waals surface area contributed by atoms with E-state index in [1.807, 2.05) is 6.08 Å². The summed E-state index contributed by atoms with van der Waals surface area (Å²) in [4.78, 5) is 0. The normalized spacial score (nSPS) is 14.8.